The number of benzene rings is 1. The average molecular weight is 354 g/mol. The monoisotopic (exact) mass is 352 g/mol. The number of nitrogens with two attached hydrogens (primary N) is 1. The lowest BCUT2D eigenvalue weighted by atomic mass is 9.94. The highest BCUT2D eigenvalue weighted by atomic mass is 79.9. The Balaban J connectivity index is 0.00000324. The van der Waals surface area contributed by atoms with Crippen molar-refractivity contribution in [1.29, 1.82) is 0 Å². The topological polar surface area (TPSA) is 55.1 Å². The number of amides is 1. The lowest BCUT2D eigenvalue weighted by molar-refractivity contribution is 0.0937. The molecule has 19 heavy (non-hydrogen) atoms. The molecule has 0 spiro atoms. The van der Waals surface area contributed by atoms with Crippen molar-refractivity contribution >= 4 is 34.2 Å². The Morgan fingerprint density at radius 1 is 1.42 bits per heavy atom. The Bertz CT molecular complexity index is 418. The first-order valence-corrected chi connectivity index (χ1v) is 6.74. The van der Waals surface area contributed by atoms with Crippen LogP contribution in [-0.4, -0.2) is 18.0 Å². The van der Waals surface area contributed by atoms with Crippen LogP contribution in [-0.2, 0) is 0 Å². The van der Waals surface area contributed by atoms with Gasteiger partial charge in [0.15, 0.2) is 0 Å². The quantitative estimate of drug-likeness (QED) is 0.853. The highest BCUT2D eigenvalue weighted by molar-refractivity contribution is 9.10. The summed E-state index contributed by atoms with van der Waals surface area (Å²) in [6.07, 6.45) is 1.50. The van der Waals surface area contributed by atoms with Crippen LogP contribution in [0, 0.1) is 5.82 Å². The summed E-state index contributed by atoms with van der Waals surface area (Å²) in [6, 6.07) is 4.43. The Morgan fingerprint density at radius 3 is 2.47 bits per heavy atom. The van der Waals surface area contributed by atoms with Gasteiger partial charge < -0.3 is 11.1 Å². The maximum Gasteiger partial charge on any atom is 0.255 e. The molecule has 1 amide bonds. The van der Waals surface area contributed by atoms with E-state index in [2.05, 4.69) is 21.2 Å². The lowest BCUT2D eigenvalue weighted by Gasteiger charge is -2.26. The first-order chi connectivity index (χ1) is 8.43. The third-order valence-electron chi connectivity index (χ3n) is 3.20. The zero-order valence-corrected chi connectivity index (χ0v) is 13.4. The first kappa shape index (κ1) is 18.4. The van der Waals surface area contributed by atoms with E-state index < -0.39 is 17.3 Å². The first-order valence-electron chi connectivity index (χ1n) is 5.94. The zero-order valence-electron chi connectivity index (χ0n) is 11.0. The number of nitrogens with one attached hydrogen (secondary N) is 1. The lowest BCUT2D eigenvalue weighted by Crippen LogP contribution is -2.49. The number of rotatable bonds is 5. The maximum absolute atomic E-state index is 13.6. The molecule has 0 radical (unpaired) electrons. The second-order valence-electron chi connectivity index (χ2n) is 4.35. The van der Waals surface area contributed by atoms with Crippen LogP contribution in [0.5, 0.6) is 0 Å². The van der Waals surface area contributed by atoms with Crippen molar-refractivity contribution in [2.24, 2.45) is 5.73 Å². The van der Waals surface area contributed by atoms with E-state index >= 15 is 0 Å². The number of carbonyl (C=O) groups is 1. The molecule has 0 atom stereocenters. The van der Waals surface area contributed by atoms with Gasteiger partial charge in [-0.25, -0.2) is 4.39 Å². The predicted octanol–water partition coefficient (Wildman–Crippen LogP) is 3.26. The van der Waals surface area contributed by atoms with Crippen LogP contribution in [0.15, 0.2) is 22.7 Å². The van der Waals surface area contributed by atoms with Gasteiger partial charge in [0.2, 0.25) is 0 Å². The molecule has 0 aliphatic rings. The minimum absolute atomic E-state index is 0. The second-order valence-corrected chi connectivity index (χ2v) is 5.20. The fourth-order valence-electron chi connectivity index (χ4n) is 1.56. The molecule has 1 aromatic carbocycles. The van der Waals surface area contributed by atoms with Gasteiger partial charge in [-0.3, -0.25) is 4.79 Å². The molecular formula is C13H19BrClFN2O. The molecule has 0 aromatic heterocycles. The molecule has 6 heteroatoms. The number of hydrogen-bond donors (Lipinski definition) is 2. The second kappa shape index (κ2) is 7.82. The summed E-state index contributed by atoms with van der Waals surface area (Å²) in [5.41, 5.74) is 5.66. The summed E-state index contributed by atoms with van der Waals surface area (Å²) in [6.45, 7) is 4.27. The molecule has 0 aliphatic heterocycles. The van der Waals surface area contributed by atoms with Crippen molar-refractivity contribution in [3.05, 3.63) is 34.1 Å². The Kier molecular flexibility index (Phi) is 7.55. The van der Waals surface area contributed by atoms with Crippen LogP contribution in [0.25, 0.3) is 0 Å². The largest absolute Gasteiger partial charge is 0.350 e. The third-order valence-corrected chi connectivity index (χ3v) is 3.86. The molecule has 0 saturated carbocycles. The average Bonchev–Trinajstić information content (AvgIpc) is 2.36. The van der Waals surface area contributed by atoms with E-state index in [1.165, 1.54) is 6.07 Å². The molecule has 1 rings (SSSR count). The van der Waals surface area contributed by atoms with Gasteiger partial charge in [0, 0.05) is 16.6 Å². The smallest absolute Gasteiger partial charge is 0.255 e. The van der Waals surface area contributed by atoms with Crippen molar-refractivity contribution in [2.45, 2.75) is 32.2 Å². The van der Waals surface area contributed by atoms with Gasteiger partial charge in [0.1, 0.15) is 5.82 Å². The van der Waals surface area contributed by atoms with Crippen molar-refractivity contribution in [3.8, 4) is 0 Å². The van der Waals surface area contributed by atoms with Crippen LogP contribution < -0.4 is 11.1 Å². The molecule has 1 aromatic rings. The number of halogens is 3. The van der Waals surface area contributed by atoms with Crippen LogP contribution in [0.4, 0.5) is 4.39 Å². The molecular weight excluding hydrogens is 335 g/mol. The third kappa shape index (κ3) is 4.75. The summed E-state index contributed by atoms with van der Waals surface area (Å²) in [7, 11) is 0. The Hall–Kier alpha value is -0.650. The van der Waals surface area contributed by atoms with Crippen LogP contribution in [0.1, 0.15) is 37.0 Å². The van der Waals surface area contributed by atoms with Gasteiger partial charge in [-0.1, -0.05) is 19.9 Å². The predicted molar refractivity (Wildman–Crippen MR) is 81.2 cm³/mol. The molecule has 3 nitrogen and oxygen atoms in total. The molecule has 0 unspecified atom stereocenters. The molecule has 0 fully saturated rings. The maximum atomic E-state index is 13.6. The number of carbonyl (C=O) groups excluding carboxylic acids is 1. The molecule has 0 heterocycles. The van der Waals surface area contributed by atoms with Gasteiger partial charge in [0.05, 0.1) is 5.56 Å². The van der Waals surface area contributed by atoms with Crippen LogP contribution >= 0.6 is 28.3 Å². The fourth-order valence-corrected chi connectivity index (χ4v) is 2.08. The van der Waals surface area contributed by atoms with E-state index in [-0.39, 0.29) is 18.0 Å². The summed E-state index contributed by atoms with van der Waals surface area (Å²) in [5.74, 6) is -0.991. The minimum Gasteiger partial charge on any atom is -0.350 e. The van der Waals surface area contributed by atoms with Gasteiger partial charge in [-0.2, -0.15) is 0 Å². The zero-order chi connectivity index (χ0) is 13.8. The summed E-state index contributed by atoms with van der Waals surface area (Å²) < 4.78 is 14.0. The minimum atomic E-state index is -0.544. The van der Waals surface area contributed by atoms with E-state index in [1.807, 2.05) is 13.8 Å². The van der Waals surface area contributed by atoms with Gasteiger partial charge in [-0.05, 0) is 40.9 Å². The Morgan fingerprint density at radius 2 is 2.00 bits per heavy atom. The Labute approximate surface area is 127 Å². The standard InChI is InChI=1S/C13H18BrFN2O.ClH/c1-3-13(16,4-2)8-17-12(18)11-9(14)6-5-7-10(11)15;/h5-7H,3-4,8,16H2,1-2H3,(H,17,18);1H. The van der Waals surface area contributed by atoms with Crippen molar-refractivity contribution in [3.63, 3.8) is 0 Å². The van der Waals surface area contributed by atoms with Crippen molar-refractivity contribution < 1.29 is 9.18 Å². The van der Waals surface area contributed by atoms with Gasteiger partial charge in [-0.15, -0.1) is 12.4 Å². The molecule has 0 aliphatic carbocycles. The van der Waals surface area contributed by atoms with E-state index in [0.717, 1.165) is 12.8 Å². The molecule has 108 valence electrons. The highest BCUT2D eigenvalue weighted by Gasteiger charge is 2.22. The molecule has 3 N–H and O–H groups in total. The van der Waals surface area contributed by atoms with E-state index in [1.54, 1.807) is 12.1 Å². The normalized spacial score (nSPS) is 10.8. The number of hydrogen-bond acceptors (Lipinski definition) is 2. The highest BCUT2D eigenvalue weighted by Crippen LogP contribution is 2.19. The molecule has 0 saturated heterocycles. The van der Waals surface area contributed by atoms with Crippen molar-refractivity contribution in [1.82, 2.24) is 5.32 Å². The van der Waals surface area contributed by atoms with Crippen LogP contribution in [0.3, 0.4) is 0 Å². The van der Waals surface area contributed by atoms with Gasteiger partial charge in [0.25, 0.3) is 5.91 Å². The van der Waals surface area contributed by atoms with Gasteiger partial charge >= 0.3 is 0 Å². The fraction of sp³-hybridized carbons (Fsp3) is 0.462. The SMILES string of the molecule is CCC(N)(CC)CNC(=O)c1c(F)cccc1Br.Cl. The summed E-state index contributed by atoms with van der Waals surface area (Å²) in [4.78, 5) is 11.9. The summed E-state index contributed by atoms with van der Waals surface area (Å²) >= 11 is 3.17. The van der Waals surface area contributed by atoms with E-state index in [4.69, 9.17) is 5.73 Å². The molecule has 0 bridgehead atoms. The summed E-state index contributed by atoms with van der Waals surface area (Å²) in [5, 5.41) is 2.69. The van der Waals surface area contributed by atoms with E-state index in [9.17, 15) is 9.18 Å². The van der Waals surface area contributed by atoms with E-state index in [0.29, 0.717) is 11.0 Å². The van der Waals surface area contributed by atoms with Crippen molar-refractivity contribution in [2.75, 3.05) is 6.54 Å². The van der Waals surface area contributed by atoms with Crippen LogP contribution in [0.2, 0.25) is 0 Å².